The van der Waals surface area contributed by atoms with Gasteiger partial charge in [-0.2, -0.15) is 0 Å². The highest BCUT2D eigenvalue weighted by Gasteiger charge is 1.98. The van der Waals surface area contributed by atoms with Crippen molar-refractivity contribution >= 4 is 17.9 Å². The molecular formula is C16H20O6. The lowest BCUT2D eigenvalue weighted by atomic mass is 10.5. The molecule has 0 aliphatic rings. The molecule has 0 aliphatic carbocycles. The van der Waals surface area contributed by atoms with E-state index in [1.54, 1.807) is 0 Å². The molecule has 0 unspecified atom stereocenters. The third-order valence-electron chi connectivity index (χ3n) is 1.55. The Morgan fingerprint density at radius 3 is 1.23 bits per heavy atom. The molecule has 0 aromatic carbocycles. The average molecular weight is 308 g/mol. The summed E-state index contributed by atoms with van der Waals surface area (Å²) in [5.74, 6) is -1.63. The molecule has 0 heterocycles. The van der Waals surface area contributed by atoms with Crippen molar-refractivity contribution < 1.29 is 28.6 Å². The molecule has 22 heavy (non-hydrogen) atoms. The maximum Gasteiger partial charge on any atom is 0.331 e. The second kappa shape index (κ2) is 16.2. The van der Waals surface area contributed by atoms with Gasteiger partial charge in [0.1, 0.15) is 19.8 Å². The first-order valence-corrected chi connectivity index (χ1v) is 6.15. The van der Waals surface area contributed by atoms with Gasteiger partial charge in [0, 0.05) is 18.2 Å². The number of esters is 3. The fourth-order valence-corrected chi connectivity index (χ4v) is 0.714. The van der Waals surface area contributed by atoms with E-state index in [9.17, 15) is 14.4 Å². The van der Waals surface area contributed by atoms with Crippen LogP contribution >= 0.6 is 0 Å². The van der Waals surface area contributed by atoms with E-state index >= 15 is 0 Å². The lowest BCUT2D eigenvalue weighted by molar-refractivity contribution is -0.139. The lowest BCUT2D eigenvalue weighted by Crippen LogP contribution is -2.04. The molecule has 0 saturated carbocycles. The van der Waals surface area contributed by atoms with E-state index in [2.05, 4.69) is 40.5 Å². The highest BCUT2D eigenvalue weighted by atomic mass is 16.5. The summed E-state index contributed by atoms with van der Waals surface area (Å²) in [5.41, 5.74) is 0. The minimum absolute atomic E-state index is 0.116. The van der Waals surface area contributed by atoms with Gasteiger partial charge in [0.15, 0.2) is 0 Å². The van der Waals surface area contributed by atoms with Gasteiger partial charge >= 0.3 is 17.9 Å². The maximum atomic E-state index is 10.8. The van der Waals surface area contributed by atoms with Gasteiger partial charge in [0.05, 0.1) is 0 Å². The minimum Gasteiger partial charge on any atom is -0.458 e. The molecule has 0 spiro atoms. The summed E-state index contributed by atoms with van der Waals surface area (Å²) in [5, 5.41) is 0. The van der Waals surface area contributed by atoms with Crippen LogP contribution in [0.5, 0.6) is 0 Å². The zero-order valence-corrected chi connectivity index (χ0v) is 12.4. The summed E-state index contributed by atoms with van der Waals surface area (Å²) >= 11 is 0. The van der Waals surface area contributed by atoms with Crippen LogP contribution in [0, 0.1) is 0 Å². The first kappa shape index (κ1) is 21.4. The Bertz CT molecular complexity index is 408. The van der Waals surface area contributed by atoms with Crippen molar-refractivity contribution in [2.45, 2.75) is 0 Å². The van der Waals surface area contributed by atoms with Gasteiger partial charge in [-0.3, -0.25) is 0 Å². The molecule has 0 bridgehead atoms. The maximum absolute atomic E-state index is 10.8. The van der Waals surface area contributed by atoms with Gasteiger partial charge in [0.25, 0.3) is 0 Å². The molecule has 6 nitrogen and oxygen atoms in total. The monoisotopic (exact) mass is 308 g/mol. The van der Waals surface area contributed by atoms with Crippen molar-refractivity contribution in [1.82, 2.24) is 0 Å². The molecule has 0 radical (unpaired) electrons. The quantitative estimate of drug-likeness (QED) is 0.280. The standard InChI is InChI=1S/C10H12O4.C6H8O2/c1-3-7-13-9(11)5-6-10(12)14-8-4-2;1-3-5-8-6(7)4-2/h3-6H,1-2,7-8H2;3-4H,1-2,5H2. The molecule has 0 rings (SSSR count). The molecule has 0 amide bonds. The smallest absolute Gasteiger partial charge is 0.331 e. The highest BCUT2D eigenvalue weighted by molar-refractivity contribution is 5.91. The Balaban J connectivity index is 0. The number of hydrogen-bond donors (Lipinski definition) is 0. The fourth-order valence-electron chi connectivity index (χ4n) is 0.714. The van der Waals surface area contributed by atoms with Crippen LogP contribution in [0.15, 0.2) is 62.8 Å². The molecule has 0 saturated heterocycles. The summed E-state index contributed by atoms with van der Waals surface area (Å²) in [4.78, 5) is 31.8. The summed E-state index contributed by atoms with van der Waals surface area (Å²) in [6, 6.07) is 0. The van der Waals surface area contributed by atoms with Crippen LogP contribution in [-0.2, 0) is 28.6 Å². The molecule has 0 N–H and O–H groups in total. The molecule has 0 fully saturated rings. The second-order valence-electron chi connectivity index (χ2n) is 3.29. The first-order chi connectivity index (χ1) is 10.5. The molecule has 0 atom stereocenters. The van der Waals surface area contributed by atoms with E-state index in [1.165, 1.54) is 18.2 Å². The van der Waals surface area contributed by atoms with Crippen molar-refractivity contribution in [3.63, 3.8) is 0 Å². The Morgan fingerprint density at radius 2 is 0.955 bits per heavy atom. The van der Waals surface area contributed by atoms with Gasteiger partial charge < -0.3 is 14.2 Å². The number of hydrogen-bond acceptors (Lipinski definition) is 6. The molecule has 0 aromatic rings. The number of ether oxygens (including phenoxy) is 3. The zero-order chi connectivity index (χ0) is 17.2. The number of carbonyl (C=O) groups excluding carboxylic acids is 3. The SMILES string of the molecule is C=CCOC(=O)C=C.C=CCOC(=O)C=CC(=O)OCC=C. The summed E-state index contributed by atoms with van der Waals surface area (Å²) < 4.78 is 13.6. The third kappa shape index (κ3) is 17.1. The van der Waals surface area contributed by atoms with Crippen molar-refractivity contribution in [2.75, 3.05) is 19.8 Å². The lowest BCUT2D eigenvalue weighted by Gasteiger charge is -1.96. The molecule has 120 valence electrons. The third-order valence-corrected chi connectivity index (χ3v) is 1.55. The Morgan fingerprint density at radius 1 is 0.636 bits per heavy atom. The summed E-state index contributed by atoms with van der Waals surface area (Å²) in [7, 11) is 0. The van der Waals surface area contributed by atoms with E-state index in [1.807, 2.05) is 0 Å². The summed E-state index contributed by atoms with van der Waals surface area (Å²) in [6.45, 7) is 13.8. The highest BCUT2D eigenvalue weighted by Crippen LogP contribution is 1.86. The fraction of sp³-hybridized carbons (Fsp3) is 0.188. The normalized spacial score (nSPS) is 8.73. The van der Waals surface area contributed by atoms with Crippen molar-refractivity contribution in [3.05, 3.63) is 62.8 Å². The Hall–Kier alpha value is -2.89. The molecular weight excluding hydrogens is 288 g/mol. The van der Waals surface area contributed by atoms with Gasteiger partial charge in [0.2, 0.25) is 0 Å². The van der Waals surface area contributed by atoms with Gasteiger partial charge in [-0.1, -0.05) is 44.5 Å². The summed E-state index contributed by atoms with van der Waals surface area (Å²) in [6.07, 6.45) is 7.47. The van der Waals surface area contributed by atoms with Crippen LogP contribution in [0.1, 0.15) is 0 Å². The van der Waals surface area contributed by atoms with Crippen molar-refractivity contribution in [2.24, 2.45) is 0 Å². The largest absolute Gasteiger partial charge is 0.458 e. The van der Waals surface area contributed by atoms with Gasteiger partial charge in [-0.25, -0.2) is 14.4 Å². The van der Waals surface area contributed by atoms with E-state index in [0.29, 0.717) is 0 Å². The second-order valence-corrected chi connectivity index (χ2v) is 3.29. The topological polar surface area (TPSA) is 78.9 Å². The Kier molecular flexibility index (Phi) is 15.7. The van der Waals surface area contributed by atoms with Gasteiger partial charge in [-0.15, -0.1) is 0 Å². The average Bonchev–Trinajstić information content (AvgIpc) is 2.54. The van der Waals surface area contributed by atoms with E-state index in [-0.39, 0.29) is 19.8 Å². The van der Waals surface area contributed by atoms with Crippen molar-refractivity contribution in [1.29, 1.82) is 0 Å². The van der Waals surface area contributed by atoms with Crippen LogP contribution in [-0.4, -0.2) is 37.7 Å². The van der Waals surface area contributed by atoms with E-state index in [4.69, 9.17) is 0 Å². The van der Waals surface area contributed by atoms with Crippen LogP contribution in [0.2, 0.25) is 0 Å². The van der Waals surface area contributed by atoms with Crippen LogP contribution in [0.25, 0.3) is 0 Å². The van der Waals surface area contributed by atoms with Crippen molar-refractivity contribution in [3.8, 4) is 0 Å². The molecule has 0 aliphatic heterocycles. The minimum atomic E-state index is -0.611. The number of rotatable bonds is 9. The van der Waals surface area contributed by atoms with E-state index < -0.39 is 17.9 Å². The van der Waals surface area contributed by atoms with Gasteiger partial charge in [-0.05, 0) is 0 Å². The molecule has 6 heteroatoms. The van der Waals surface area contributed by atoms with Crippen LogP contribution in [0.3, 0.4) is 0 Å². The number of carbonyl (C=O) groups is 3. The van der Waals surface area contributed by atoms with Crippen LogP contribution in [0.4, 0.5) is 0 Å². The zero-order valence-electron chi connectivity index (χ0n) is 12.4. The van der Waals surface area contributed by atoms with E-state index in [0.717, 1.165) is 18.2 Å². The van der Waals surface area contributed by atoms with Crippen LogP contribution < -0.4 is 0 Å². The Labute approximate surface area is 130 Å². The molecule has 0 aromatic heterocycles. The predicted octanol–water partition coefficient (Wildman–Crippen LogP) is 1.90. The first-order valence-electron chi connectivity index (χ1n) is 6.15. The predicted molar refractivity (Wildman–Crippen MR) is 82.8 cm³/mol.